The molecule has 0 radical (unpaired) electrons. The predicted octanol–water partition coefficient (Wildman–Crippen LogP) is 3.67. The Hall–Kier alpha value is -0.570. The van der Waals surface area contributed by atoms with E-state index in [1.165, 1.54) is 25.7 Å². The molecule has 0 aromatic carbocycles. The molecule has 0 heterocycles. The Labute approximate surface area is 118 Å². The molecule has 19 heavy (non-hydrogen) atoms. The lowest BCUT2D eigenvalue weighted by Gasteiger charge is -2.36. The molecule has 0 aromatic heterocycles. The third-order valence-electron chi connectivity index (χ3n) is 4.50. The maximum atomic E-state index is 12.5. The number of carbonyl (C=O) groups is 1. The quantitative estimate of drug-likeness (QED) is 0.683. The van der Waals surface area contributed by atoms with Crippen LogP contribution in [-0.2, 0) is 9.53 Å². The van der Waals surface area contributed by atoms with Crippen molar-refractivity contribution in [1.29, 1.82) is 0 Å². The van der Waals surface area contributed by atoms with Crippen LogP contribution in [0, 0.1) is 5.92 Å². The molecule has 0 aromatic rings. The van der Waals surface area contributed by atoms with E-state index < -0.39 is 5.54 Å². The zero-order valence-corrected chi connectivity index (χ0v) is 13.1. The Morgan fingerprint density at radius 1 is 1.32 bits per heavy atom. The van der Waals surface area contributed by atoms with Gasteiger partial charge in [-0.1, -0.05) is 40.0 Å². The maximum Gasteiger partial charge on any atom is 0.326 e. The topological polar surface area (TPSA) is 38.3 Å². The molecule has 3 nitrogen and oxygen atoms in total. The van der Waals surface area contributed by atoms with Gasteiger partial charge in [-0.2, -0.15) is 0 Å². The first-order valence-electron chi connectivity index (χ1n) is 8.02. The molecule has 1 aliphatic carbocycles. The number of hydrogen-bond donors (Lipinski definition) is 1. The highest BCUT2D eigenvalue weighted by atomic mass is 16.5. The molecule has 0 aliphatic heterocycles. The summed E-state index contributed by atoms with van der Waals surface area (Å²) in [5, 5.41) is 3.65. The summed E-state index contributed by atoms with van der Waals surface area (Å²) in [6, 6.07) is 0.494. The molecule has 0 saturated heterocycles. The highest BCUT2D eigenvalue weighted by Crippen LogP contribution is 2.28. The van der Waals surface area contributed by atoms with Crippen LogP contribution >= 0.6 is 0 Å². The average Bonchev–Trinajstić information content (AvgIpc) is 2.90. The van der Waals surface area contributed by atoms with Gasteiger partial charge in [0.15, 0.2) is 0 Å². The summed E-state index contributed by atoms with van der Waals surface area (Å²) in [7, 11) is 0. The van der Waals surface area contributed by atoms with Crippen molar-refractivity contribution in [2.75, 3.05) is 6.61 Å². The molecule has 0 amide bonds. The average molecular weight is 269 g/mol. The van der Waals surface area contributed by atoms with E-state index in [1.54, 1.807) is 0 Å². The second kappa shape index (κ2) is 7.88. The normalized spacial score (nSPS) is 21.1. The van der Waals surface area contributed by atoms with Gasteiger partial charge in [0.2, 0.25) is 0 Å². The lowest BCUT2D eigenvalue weighted by atomic mass is 9.83. The molecule has 1 fully saturated rings. The van der Waals surface area contributed by atoms with Crippen LogP contribution in [0.15, 0.2) is 0 Å². The smallest absolute Gasteiger partial charge is 0.326 e. The van der Waals surface area contributed by atoms with Gasteiger partial charge in [0.25, 0.3) is 0 Å². The van der Waals surface area contributed by atoms with Gasteiger partial charge >= 0.3 is 5.97 Å². The monoisotopic (exact) mass is 269 g/mol. The molecule has 1 saturated carbocycles. The molecule has 1 aliphatic rings. The van der Waals surface area contributed by atoms with E-state index in [4.69, 9.17) is 4.74 Å². The van der Waals surface area contributed by atoms with Crippen molar-refractivity contribution >= 4 is 5.97 Å². The summed E-state index contributed by atoms with van der Waals surface area (Å²) in [6.45, 7) is 8.86. The molecule has 112 valence electrons. The van der Waals surface area contributed by atoms with Crippen molar-refractivity contribution in [3.8, 4) is 0 Å². The Morgan fingerprint density at radius 3 is 2.42 bits per heavy atom. The van der Waals surface area contributed by atoms with E-state index in [9.17, 15) is 4.79 Å². The first kappa shape index (κ1) is 16.5. The summed E-state index contributed by atoms with van der Waals surface area (Å²) < 4.78 is 5.35. The van der Waals surface area contributed by atoms with Gasteiger partial charge in [0.05, 0.1) is 6.61 Å². The molecule has 0 spiro atoms. The molecule has 1 rings (SSSR count). The zero-order valence-electron chi connectivity index (χ0n) is 13.1. The fourth-order valence-electron chi connectivity index (χ4n) is 3.06. The number of ether oxygens (including phenoxy) is 1. The largest absolute Gasteiger partial charge is 0.465 e. The van der Waals surface area contributed by atoms with Gasteiger partial charge in [-0.05, 0) is 38.5 Å². The van der Waals surface area contributed by atoms with Crippen molar-refractivity contribution in [2.24, 2.45) is 5.92 Å². The summed E-state index contributed by atoms with van der Waals surface area (Å²) in [5.41, 5.74) is -0.472. The highest BCUT2D eigenvalue weighted by molar-refractivity contribution is 5.81. The number of hydrogen-bond acceptors (Lipinski definition) is 3. The lowest BCUT2D eigenvalue weighted by molar-refractivity contribution is -0.152. The van der Waals surface area contributed by atoms with Crippen LogP contribution in [0.5, 0.6) is 0 Å². The lowest BCUT2D eigenvalue weighted by Crippen LogP contribution is -2.56. The number of rotatable bonds is 8. The molecular weight excluding hydrogens is 238 g/mol. The van der Waals surface area contributed by atoms with Crippen molar-refractivity contribution in [1.82, 2.24) is 5.32 Å². The molecule has 2 atom stereocenters. The minimum Gasteiger partial charge on any atom is -0.465 e. The Balaban J connectivity index is 2.80. The van der Waals surface area contributed by atoms with E-state index in [1.807, 2.05) is 6.92 Å². The van der Waals surface area contributed by atoms with E-state index in [2.05, 4.69) is 26.1 Å². The van der Waals surface area contributed by atoms with Crippen molar-refractivity contribution in [2.45, 2.75) is 84.2 Å². The minimum atomic E-state index is -0.472. The third-order valence-corrected chi connectivity index (χ3v) is 4.50. The zero-order chi connectivity index (χ0) is 14.3. The van der Waals surface area contributed by atoms with E-state index >= 15 is 0 Å². The Bertz CT molecular complexity index is 274. The van der Waals surface area contributed by atoms with Crippen molar-refractivity contribution < 1.29 is 9.53 Å². The van der Waals surface area contributed by atoms with Gasteiger partial charge in [-0.15, -0.1) is 0 Å². The standard InChI is InChI=1S/C16H31NO2/c1-5-13(4)12-16(6-2,15(18)19-7-3)17-14-10-8-9-11-14/h13-14,17H,5-12H2,1-4H3. The summed E-state index contributed by atoms with van der Waals surface area (Å²) in [6.07, 6.45) is 7.76. The van der Waals surface area contributed by atoms with E-state index in [-0.39, 0.29) is 5.97 Å². The van der Waals surface area contributed by atoms with Crippen LogP contribution in [0.1, 0.15) is 72.6 Å². The second-order valence-electron chi connectivity index (χ2n) is 6.00. The van der Waals surface area contributed by atoms with E-state index in [0.29, 0.717) is 18.6 Å². The third kappa shape index (κ3) is 4.48. The fraction of sp³-hybridized carbons (Fsp3) is 0.938. The van der Waals surface area contributed by atoms with Crippen molar-refractivity contribution in [3.63, 3.8) is 0 Å². The van der Waals surface area contributed by atoms with Crippen LogP contribution in [0.4, 0.5) is 0 Å². The molecule has 1 N–H and O–H groups in total. The van der Waals surface area contributed by atoms with E-state index in [0.717, 1.165) is 19.3 Å². The molecule has 2 unspecified atom stereocenters. The van der Waals surface area contributed by atoms with Crippen LogP contribution in [-0.4, -0.2) is 24.2 Å². The van der Waals surface area contributed by atoms with Gasteiger partial charge < -0.3 is 4.74 Å². The SMILES string of the molecule is CCOC(=O)C(CC)(CC(C)CC)NC1CCCC1. The second-order valence-corrected chi connectivity index (χ2v) is 6.00. The number of esters is 1. The highest BCUT2D eigenvalue weighted by Gasteiger charge is 2.41. The van der Waals surface area contributed by atoms with Crippen LogP contribution in [0.25, 0.3) is 0 Å². The van der Waals surface area contributed by atoms with Crippen LogP contribution in [0.2, 0.25) is 0 Å². The Kier molecular flexibility index (Phi) is 6.84. The molecular formula is C16H31NO2. The molecule has 3 heteroatoms. The summed E-state index contributed by atoms with van der Waals surface area (Å²) in [4.78, 5) is 12.5. The first-order chi connectivity index (χ1) is 9.07. The van der Waals surface area contributed by atoms with Gasteiger partial charge in [-0.25, -0.2) is 0 Å². The first-order valence-corrected chi connectivity index (χ1v) is 8.02. The number of nitrogens with one attached hydrogen (secondary N) is 1. The van der Waals surface area contributed by atoms with Gasteiger partial charge in [-0.3, -0.25) is 10.1 Å². The summed E-state index contributed by atoms with van der Waals surface area (Å²) in [5.74, 6) is 0.489. The van der Waals surface area contributed by atoms with Crippen LogP contribution < -0.4 is 5.32 Å². The van der Waals surface area contributed by atoms with Crippen molar-refractivity contribution in [3.05, 3.63) is 0 Å². The maximum absolute atomic E-state index is 12.5. The van der Waals surface area contributed by atoms with Gasteiger partial charge in [0.1, 0.15) is 5.54 Å². The number of carbonyl (C=O) groups excluding carboxylic acids is 1. The predicted molar refractivity (Wildman–Crippen MR) is 79.1 cm³/mol. The summed E-state index contributed by atoms with van der Waals surface area (Å²) >= 11 is 0. The molecule has 0 bridgehead atoms. The Morgan fingerprint density at radius 2 is 1.95 bits per heavy atom. The van der Waals surface area contributed by atoms with Crippen LogP contribution in [0.3, 0.4) is 0 Å². The minimum absolute atomic E-state index is 0.0512. The fourth-order valence-corrected chi connectivity index (χ4v) is 3.06. The van der Waals surface area contributed by atoms with Gasteiger partial charge in [0, 0.05) is 6.04 Å².